The molecule has 2 aromatic rings. The number of rotatable bonds is 3. The fraction of sp³-hybridized carbons (Fsp3) is 0.286. The first kappa shape index (κ1) is 13.7. The summed E-state index contributed by atoms with van der Waals surface area (Å²) in [5, 5.41) is 2.93. The summed E-state index contributed by atoms with van der Waals surface area (Å²) in [6.07, 6.45) is 0. The lowest BCUT2D eigenvalue weighted by Gasteiger charge is -2.17. The van der Waals surface area contributed by atoms with E-state index in [4.69, 9.17) is 15.2 Å². The van der Waals surface area contributed by atoms with Gasteiger partial charge in [0, 0.05) is 24.2 Å². The number of nitrogens with zero attached hydrogens (tertiary/aromatic N) is 2. The van der Waals surface area contributed by atoms with Gasteiger partial charge in [-0.15, -0.1) is 11.3 Å². The third-order valence-electron chi connectivity index (χ3n) is 3.19. The van der Waals surface area contributed by atoms with E-state index >= 15 is 0 Å². The normalized spacial score (nSPS) is 12.5. The fourth-order valence-electron chi connectivity index (χ4n) is 2.14. The van der Waals surface area contributed by atoms with E-state index < -0.39 is 0 Å². The number of ether oxygens (including phenoxy) is 2. The minimum absolute atomic E-state index is 0.153. The van der Waals surface area contributed by atoms with Gasteiger partial charge in [-0.05, 0) is 13.0 Å². The number of nitrogen functional groups attached to an aromatic ring is 1. The van der Waals surface area contributed by atoms with Crippen LogP contribution in [0.1, 0.15) is 21.1 Å². The number of aromatic nitrogens is 1. The second-order valence-electron chi connectivity index (χ2n) is 4.81. The van der Waals surface area contributed by atoms with Gasteiger partial charge in [-0.1, -0.05) is 0 Å². The predicted octanol–water partition coefficient (Wildman–Crippen LogP) is 2.03. The van der Waals surface area contributed by atoms with Gasteiger partial charge in [-0.2, -0.15) is 0 Å². The summed E-state index contributed by atoms with van der Waals surface area (Å²) in [5.74, 6) is 0.948. The highest BCUT2D eigenvalue weighted by Crippen LogP contribution is 2.36. The molecule has 0 radical (unpaired) electrons. The Bertz CT molecular complexity index is 699. The van der Waals surface area contributed by atoms with Gasteiger partial charge < -0.3 is 20.1 Å². The molecule has 1 aromatic carbocycles. The predicted molar refractivity (Wildman–Crippen MR) is 79.6 cm³/mol. The number of thiazole rings is 1. The van der Waals surface area contributed by atoms with Crippen LogP contribution >= 0.6 is 11.3 Å². The average molecular weight is 305 g/mol. The molecule has 1 aliphatic rings. The van der Waals surface area contributed by atoms with Crippen LogP contribution in [0.25, 0.3) is 0 Å². The molecule has 110 valence electrons. The zero-order valence-corrected chi connectivity index (χ0v) is 12.6. The summed E-state index contributed by atoms with van der Waals surface area (Å²) in [7, 11) is 1.72. The molecule has 1 aromatic heterocycles. The second kappa shape index (κ2) is 5.25. The van der Waals surface area contributed by atoms with Crippen molar-refractivity contribution in [3.05, 3.63) is 33.8 Å². The minimum atomic E-state index is -0.170. The van der Waals surface area contributed by atoms with Gasteiger partial charge in [-0.25, -0.2) is 4.98 Å². The number of carbonyl (C=O) groups is 1. The van der Waals surface area contributed by atoms with Crippen molar-refractivity contribution in [2.75, 3.05) is 19.6 Å². The summed E-state index contributed by atoms with van der Waals surface area (Å²) in [5.41, 5.74) is 7.59. The van der Waals surface area contributed by atoms with Crippen LogP contribution in [0.5, 0.6) is 11.5 Å². The van der Waals surface area contributed by atoms with Crippen LogP contribution in [0.2, 0.25) is 0 Å². The first-order valence-corrected chi connectivity index (χ1v) is 7.28. The zero-order chi connectivity index (χ0) is 15.0. The number of aryl methyl sites for hydroxylation is 1. The van der Waals surface area contributed by atoms with Gasteiger partial charge in [0.05, 0.1) is 22.8 Å². The summed E-state index contributed by atoms with van der Waals surface area (Å²) >= 11 is 1.56. The van der Waals surface area contributed by atoms with Crippen molar-refractivity contribution in [2.45, 2.75) is 13.5 Å². The van der Waals surface area contributed by atoms with Gasteiger partial charge in [0.1, 0.15) is 0 Å². The molecule has 0 saturated carbocycles. The molecular weight excluding hydrogens is 290 g/mol. The van der Waals surface area contributed by atoms with Crippen LogP contribution in [-0.4, -0.2) is 29.6 Å². The Balaban J connectivity index is 1.81. The maximum Gasteiger partial charge on any atom is 0.256 e. The monoisotopic (exact) mass is 305 g/mol. The lowest BCUT2D eigenvalue weighted by molar-refractivity contribution is 0.0784. The van der Waals surface area contributed by atoms with Crippen LogP contribution in [0, 0.1) is 6.92 Å². The number of hydrogen-bond donors (Lipinski definition) is 1. The zero-order valence-electron chi connectivity index (χ0n) is 11.8. The highest BCUT2D eigenvalue weighted by molar-refractivity contribution is 7.09. The first-order chi connectivity index (χ1) is 10.0. The summed E-state index contributed by atoms with van der Waals surface area (Å²) in [6, 6.07) is 3.25. The maximum absolute atomic E-state index is 12.5. The Morgan fingerprint density at radius 2 is 2.14 bits per heavy atom. The number of anilines is 1. The standard InChI is InChI=1S/C14H15N3O3S/c1-8-16-9(6-21-8)5-17(2)14(18)10-3-12-13(4-11(10)15)20-7-19-12/h3-4,6H,5,7,15H2,1-2H3. The van der Waals surface area contributed by atoms with Gasteiger partial charge in [0.2, 0.25) is 6.79 Å². The van der Waals surface area contributed by atoms with E-state index in [1.165, 1.54) is 0 Å². The molecule has 1 aliphatic heterocycles. The topological polar surface area (TPSA) is 77.7 Å². The van der Waals surface area contributed by atoms with Crippen molar-refractivity contribution < 1.29 is 14.3 Å². The number of hydrogen-bond acceptors (Lipinski definition) is 6. The Hall–Kier alpha value is -2.28. The van der Waals surface area contributed by atoms with E-state index in [1.807, 2.05) is 12.3 Å². The van der Waals surface area contributed by atoms with Crippen molar-refractivity contribution in [1.82, 2.24) is 9.88 Å². The highest BCUT2D eigenvalue weighted by atomic mass is 32.1. The molecule has 0 atom stereocenters. The molecule has 0 unspecified atom stereocenters. The number of fused-ring (bicyclic) bond motifs is 1. The lowest BCUT2D eigenvalue weighted by Crippen LogP contribution is -2.27. The largest absolute Gasteiger partial charge is 0.454 e. The molecule has 0 spiro atoms. The van der Waals surface area contributed by atoms with Gasteiger partial charge >= 0.3 is 0 Å². The molecule has 2 heterocycles. The molecule has 0 aliphatic carbocycles. The Kier molecular flexibility index (Phi) is 3.42. The minimum Gasteiger partial charge on any atom is -0.454 e. The van der Waals surface area contributed by atoms with E-state index in [1.54, 1.807) is 35.4 Å². The molecular formula is C14H15N3O3S. The molecule has 0 bridgehead atoms. The number of benzene rings is 1. The summed E-state index contributed by atoms with van der Waals surface area (Å²) in [6.45, 7) is 2.53. The Morgan fingerprint density at radius 1 is 1.43 bits per heavy atom. The first-order valence-electron chi connectivity index (χ1n) is 6.40. The van der Waals surface area contributed by atoms with E-state index in [2.05, 4.69) is 4.98 Å². The van der Waals surface area contributed by atoms with Crippen molar-refractivity contribution >= 4 is 22.9 Å². The molecule has 7 heteroatoms. The molecule has 6 nitrogen and oxygen atoms in total. The fourth-order valence-corrected chi connectivity index (χ4v) is 2.75. The summed E-state index contributed by atoms with van der Waals surface area (Å²) < 4.78 is 10.5. The van der Waals surface area contributed by atoms with Crippen molar-refractivity contribution in [2.24, 2.45) is 0 Å². The van der Waals surface area contributed by atoms with Gasteiger partial charge in [-0.3, -0.25) is 4.79 Å². The van der Waals surface area contributed by atoms with Crippen molar-refractivity contribution in [3.63, 3.8) is 0 Å². The van der Waals surface area contributed by atoms with Crippen LogP contribution in [-0.2, 0) is 6.54 Å². The van der Waals surface area contributed by atoms with Crippen LogP contribution in [0.4, 0.5) is 5.69 Å². The third-order valence-corrected chi connectivity index (χ3v) is 4.01. The average Bonchev–Trinajstić information content (AvgIpc) is 3.05. The van der Waals surface area contributed by atoms with E-state index in [0.29, 0.717) is 29.3 Å². The summed E-state index contributed by atoms with van der Waals surface area (Å²) in [4.78, 5) is 18.4. The Labute approximate surface area is 126 Å². The third kappa shape index (κ3) is 2.64. The SMILES string of the molecule is Cc1nc(CN(C)C(=O)c2cc3c(cc2N)OCO3)cs1. The van der Waals surface area contributed by atoms with Crippen molar-refractivity contribution in [1.29, 1.82) is 0 Å². The van der Waals surface area contributed by atoms with E-state index in [0.717, 1.165) is 10.7 Å². The Morgan fingerprint density at radius 3 is 2.81 bits per heavy atom. The molecule has 0 fully saturated rings. The molecule has 0 saturated heterocycles. The highest BCUT2D eigenvalue weighted by Gasteiger charge is 2.22. The maximum atomic E-state index is 12.5. The van der Waals surface area contributed by atoms with Crippen LogP contribution in [0.15, 0.2) is 17.5 Å². The quantitative estimate of drug-likeness (QED) is 0.878. The van der Waals surface area contributed by atoms with Crippen molar-refractivity contribution in [3.8, 4) is 11.5 Å². The smallest absolute Gasteiger partial charge is 0.256 e. The van der Waals surface area contributed by atoms with Crippen LogP contribution in [0.3, 0.4) is 0 Å². The van der Waals surface area contributed by atoms with Gasteiger partial charge in [0.15, 0.2) is 11.5 Å². The molecule has 2 N–H and O–H groups in total. The van der Waals surface area contributed by atoms with Crippen LogP contribution < -0.4 is 15.2 Å². The van der Waals surface area contributed by atoms with E-state index in [9.17, 15) is 4.79 Å². The number of carbonyl (C=O) groups excluding carboxylic acids is 1. The second-order valence-corrected chi connectivity index (χ2v) is 5.87. The lowest BCUT2D eigenvalue weighted by atomic mass is 10.1. The van der Waals surface area contributed by atoms with E-state index in [-0.39, 0.29) is 12.7 Å². The molecule has 3 rings (SSSR count). The van der Waals surface area contributed by atoms with Gasteiger partial charge in [0.25, 0.3) is 5.91 Å². The number of nitrogens with two attached hydrogens (primary N) is 1. The number of amides is 1. The molecule has 1 amide bonds. The molecule has 21 heavy (non-hydrogen) atoms.